The van der Waals surface area contributed by atoms with Gasteiger partial charge in [-0.25, -0.2) is 13.2 Å². The Morgan fingerprint density at radius 1 is 1.24 bits per heavy atom. The maximum atomic E-state index is 12.9. The van der Waals surface area contributed by atoms with Crippen molar-refractivity contribution in [3.05, 3.63) is 35.1 Å². The van der Waals surface area contributed by atoms with E-state index in [0.717, 1.165) is 24.6 Å². The molecule has 1 N–H and O–H groups in total. The van der Waals surface area contributed by atoms with Crippen molar-refractivity contribution >= 4 is 0 Å². The summed E-state index contributed by atoms with van der Waals surface area (Å²) < 4.78 is 38.5. The van der Waals surface area contributed by atoms with Crippen molar-refractivity contribution < 1.29 is 13.2 Å². The Labute approximate surface area is 99.0 Å². The van der Waals surface area contributed by atoms with Gasteiger partial charge in [-0.05, 0) is 48.9 Å². The van der Waals surface area contributed by atoms with Crippen LogP contribution in [0.15, 0.2) is 12.1 Å². The van der Waals surface area contributed by atoms with Gasteiger partial charge in [-0.2, -0.15) is 0 Å². The highest BCUT2D eigenvalue weighted by Crippen LogP contribution is 2.36. The summed E-state index contributed by atoms with van der Waals surface area (Å²) in [5.74, 6) is -2.27. The van der Waals surface area contributed by atoms with Crippen molar-refractivity contribution in [2.75, 3.05) is 6.54 Å². The first kappa shape index (κ1) is 12.4. The van der Waals surface area contributed by atoms with Crippen LogP contribution in [0, 0.1) is 29.3 Å². The Hall–Kier alpha value is -1.03. The van der Waals surface area contributed by atoms with Crippen LogP contribution in [0.3, 0.4) is 0 Å². The molecule has 94 valence electrons. The molecule has 0 aliphatic heterocycles. The standard InChI is InChI=1S/C13H16F3N/c1-8(10-2-3-10)6-17-7-9-4-11(14)13(16)12(15)5-9/h4-5,8,10,17H,2-3,6-7H2,1H3. The van der Waals surface area contributed by atoms with E-state index in [9.17, 15) is 13.2 Å². The van der Waals surface area contributed by atoms with Crippen LogP contribution >= 0.6 is 0 Å². The molecule has 2 rings (SSSR count). The van der Waals surface area contributed by atoms with Gasteiger partial charge in [0.25, 0.3) is 0 Å². The Balaban J connectivity index is 1.86. The normalized spacial score (nSPS) is 17.2. The second-order valence-electron chi connectivity index (χ2n) is 4.82. The first-order valence-electron chi connectivity index (χ1n) is 5.92. The number of halogens is 3. The van der Waals surface area contributed by atoms with Gasteiger partial charge in [-0.15, -0.1) is 0 Å². The van der Waals surface area contributed by atoms with Crippen LogP contribution in [-0.2, 0) is 6.54 Å². The summed E-state index contributed by atoms with van der Waals surface area (Å²) >= 11 is 0. The third kappa shape index (κ3) is 3.22. The average molecular weight is 243 g/mol. The summed E-state index contributed by atoms with van der Waals surface area (Å²) in [6.07, 6.45) is 2.56. The lowest BCUT2D eigenvalue weighted by atomic mass is 10.1. The zero-order valence-corrected chi connectivity index (χ0v) is 9.77. The Morgan fingerprint density at radius 2 is 1.82 bits per heavy atom. The average Bonchev–Trinajstić information content (AvgIpc) is 3.09. The molecule has 0 bridgehead atoms. The minimum atomic E-state index is -1.40. The third-order valence-electron chi connectivity index (χ3n) is 3.27. The molecule has 1 aromatic carbocycles. The molecular weight excluding hydrogens is 227 g/mol. The highest BCUT2D eigenvalue weighted by Gasteiger charge is 2.27. The van der Waals surface area contributed by atoms with Gasteiger partial charge in [-0.3, -0.25) is 0 Å². The summed E-state index contributed by atoms with van der Waals surface area (Å²) in [6.45, 7) is 3.35. The molecule has 1 atom stereocenters. The first-order chi connectivity index (χ1) is 8.08. The molecule has 0 amide bonds. The van der Waals surface area contributed by atoms with Crippen LogP contribution in [-0.4, -0.2) is 6.54 Å². The fourth-order valence-electron chi connectivity index (χ4n) is 1.99. The smallest absolute Gasteiger partial charge is 0.194 e. The summed E-state index contributed by atoms with van der Waals surface area (Å²) in [5, 5.41) is 3.14. The van der Waals surface area contributed by atoms with Gasteiger partial charge < -0.3 is 5.32 Å². The van der Waals surface area contributed by atoms with E-state index in [4.69, 9.17) is 0 Å². The van der Waals surface area contributed by atoms with E-state index in [1.165, 1.54) is 12.8 Å². The Morgan fingerprint density at radius 3 is 2.35 bits per heavy atom. The van der Waals surface area contributed by atoms with E-state index in [-0.39, 0.29) is 0 Å². The molecule has 1 saturated carbocycles. The van der Waals surface area contributed by atoms with Gasteiger partial charge >= 0.3 is 0 Å². The number of hydrogen-bond acceptors (Lipinski definition) is 1. The topological polar surface area (TPSA) is 12.0 Å². The van der Waals surface area contributed by atoms with Crippen LogP contribution in [0.4, 0.5) is 13.2 Å². The molecule has 1 aromatic rings. The van der Waals surface area contributed by atoms with Gasteiger partial charge in [0.2, 0.25) is 0 Å². The van der Waals surface area contributed by atoms with Crippen molar-refractivity contribution in [3.8, 4) is 0 Å². The first-order valence-corrected chi connectivity index (χ1v) is 5.92. The molecule has 4 heteroatoms. The van der Waals surface area contributed by atoms with Gasteiger partial charge in [-0.1, -0.05) is 6.92 Å². The van der Waals surface area contributed by atoms with Gasteiger partial charge in [0.15, 0.2) is 17.5 Å². The van der Waals surface area contributed by atoms with Crippen LogP contribution in [0.1, 0.15) is 25.3 Å². The SMILES string of the molecule is CC(CNCc1cc(F)c(F)c(F)c1)C1CC1. The zero-order valence-electron chi connectivity index (χ0n) is 9.77. The Bertz CT molecular complexity index is 379. The second-order valence-corrected chi connectivity index (χ2v) is 4.82. The van der Waals surface area contributed by atoms with E-state index < -0.39 is 17.5 Å². The monoisotopic (exact) mass is 243 g/mol. The minimum absolute atomic E-state index is 0.366. The third-order valence-corrected chi connectivity index (χ3v) is 3.27. The number of hydrogen-bond donors (Lipinski definition) is 1. The lowest BCUT2D eigenvalue weighted by Crippen LogP contribution is -2.22. The maximum Gasteiger partial charge on any atom is 0.194 e. The highest BCUT2D eigenvalue weighted by molar-refractivity contribution is 5.19. The van der Waals surface area contributed by atoms with E-state index in [1.54, 1.807) is 0 Å². The van der Waals surface area contributed by atoms with Crippen LogP contribution < -0.4 is 5.32 Å². The fraction of sp³-hybridized carbons (Fsp3) is 0.538. The van der Waals surface area contributed by atoms with Crippen molar-refractivity contribution in [1.82, 2.24) is 5.32 Å². The van der Waals surface area contributed by atoms with E-state index in [1.807, 2.05) is 0 Å². The van der Waals surface area contributed by atoms with E-state index in [2.05, 4.69) is 12.2 Å². The molecule has 0 heterocycles. The quantitative estimate of drug-likeness (QED) is 0.783. The molecule has 0 saturated heterocycles. The van der Waals surface area contributed by atoms with Crippen molar-refractivity contribution in [2.45, 2.75) is 26.3 Å². The van der Waals surface area contributed by atoms with Gasteiger partial charge in [0.1, 0.15) is 0 Å². The van der Waals surface area contributed by atoms with Crippen LogP contribution in [0.25, 0.3) is 0 Å². The molecule has 0 aromatic heterocycles. The predicted octanol–water partition coefficient (Wildman–Crippen LogP) is 3.24. The number of benzene rings is 1. The fourth-order valence-corrected chi connectivity index (χ4v) is 1.99. The van der Waals surface area contributed by atoms with Crippen molar-refractivity contribution in [2.24, 2.45) is 11.8 Å². The summed E-state index contributed by atoms with van der Waals surface area (Å²) in [5.41, 5.74) is 0.435. The van der Waals surface area contributed by atoms with Crippen LogP contribution in [0.5, 0.6) is 0 Å². The van der Waals surface area contributed by atoms with Crippen LogP contribution in [0.2, 0.25) is 0 Å². The lowest BCUT2D eigenvalue weighted by Gasteiger charge is -2.11. The molecule has 1 nitrogen and oxygen atoms in total. The molecule has 1 aliphatic carbocycles. The summed E-state index contributed by atoms with van der Waals surface area (Å²) in [7, 11) is 0. The van der Waals surface area contributed by atoms with E-state index in [0.29, 0.717) is 18.0 Å². The molecule has 1 unspecified atom stereocenters. The summed E-state index contributed by atoms with van der Waals surface area (Å²) in [6, 6.07) is 2.07. The molecular formula is C13H16F3N. The van der Waals surface area contributed by atoms with E-state index >= 15 is 0 Å². The van der Waals surface area contributed by atoms with Gasteiger partial charge in [0, 0.05) is 6.54 Å². The zero-order chi connectivity index (χ0) is 12.4. The molecule has 0 spiro atoms. The molecule has 1 aliphatic rings. The predicted molar refractivity (Wildman–Crippen MR) is 59.9 cm³/mol. The largest absolute Gasteiger partial charge is 0.312 e. The Kier molecular flexibility index (Phi) is 3.72. The second kappa shape index (κ2) is 5.08. The molecule has 1 fully saturated rings. The maximum absolute atomic E-state index is 12.9. The summed E-state index contributed by atoms with van der Waals surface area (Å²) in [4.78, 5) is 0. The molecule has 0 radical (unpaired) electrons. The van der Waals surface area contributed by atoms with Crippen molar-refractivity contribution in [3.63, 3.8) is 0 Å². The van der Waals surface area contributed by atoms with Crippen molar-refractivity contribution in [1.29, 1.82) is 0 Å². The number of rotatable bonds is 5. The minimum Gasteiger partial charge on any atom is -0.312 e. The lowest BCUT2D eigenvalue weighted by molar-refractivity contribution is 0.439. The molecule has 17 heavy (non-hydrogen) atoms. The van der Waals surface area contributed by atoms with Gasteiger partial charge in [0.05, 0.1) is 0 Å². The highest BCUT2D eigenvalue weighted by atomic mass is 19.2. The number of nitrogens with one attached hydrogen (secondary N) is 1.